The van der Waals surface area contributed by atoms with Gasteiger partial charge in [-0.3, -0.25) is 9.78 Å². The number of benzene rings is 1. The van der Waals surface area contributed by atoms with Crippen LogP contribution in [0.5, 0.6) is 0 Å². The third kappa shape index (κ3) is 5.42. The van der Waals surface area contributed by atoms with Crippen LogP contribution < -0.4 is 10.0 Å². The van der Waals surface area contributed by atoms with Crippen LogP contribution in [0.15, 0.2) is 53.6 Å². The lowest BCUT2D eigenvalue weighted by molar-refractivity contribution is -0.121. The lowest BCUT2D eigenvalue weighted by Gasteiger charge is -2.07. The van der Waals surface area contributed by atoms with Gasteiger partial charge in [-0.05, 0) is 36.4 Å². The number of sulfonamides is 1. The highest BCUT2D eigenvalue weighted by atomic mass is 32.2. The molecule has 2 rings (SSSR count). The first kappa shape index (κ1) is 17.0. The van der Waals surface area contributed by atoms with Crippen LogP contribution in [0.25, 0.3) is 0 Å². The molecule has 0 saturated heterocycles. The number of carbonyl (C=O) groups is 1. The molecule has 0 spiro atoms. The minimum absolute atomic E-state index is 0.00669. The van der Waals surface area contributed by atoms with Gasteiger partial charge in [-0.2, -0.15) is 0 Å². The molecule has 0 atom stereocenters. The topological polar surface area (TPSA) is 88.2 Å². The minimum atomic E-state index is -3.75. The molecule has 0 unspecified atom stereocenters. The second-order valence-corrected chi connectivity index (χ2v) is 6.47. The number of hydrogen-bond donors (Lipinski definition) is 2. The highest BCUT2D eigenvalue weighted by molar-refractivity contribution is 7.89. The van der Waals surface area contributed by atoms with Crippen molar-refractivity contribution in [3.05, 3.63) is 60.2 Å². The number of nitrogens with one attached hydrogen (secondary N) is 2. The minimum Gasteiger partial charge on any atom is -0.350 e. The number of hydrogen-bond acceptors (Lipinski definition) is 4. The summed E-state index contributed by atoms with van der Waals surface area (Å²) in [6.07, 6.45) is 1.62. The second kappa shape index (κ2) is 7.80. The quantitative estimate of drug-likeness (QED) is 0.795. The Bertz CT molecular complexity index is 749. The molecule has 0 radical (unpaired) electrons. The summed E-state index contributed by atoms with van der Waals surface area (Å²) in [5, 5.41) is 2.65. The summed E-state index contributed by atoms with van der Waals surface area (Å²) in [5.74, 6) is -0.810. The van der Waals surface area contributed by atoms with Crippen LogP contribution in [0, 0.1) is 5.82 Å². The summed E-state index contributed by atoms with van der Waals surface area (Å²) in [6.45, 7) is 0.234. The van der Waals surface area contributed by atoms with E-state index >= 15 is 0 Å². The van der Waals surface area contributed by atoms with Gasteiger partial charge in [0.25, 0.3) is 0 Å². The Kier molecular flexibility index (Phi) is 5.78. The van der Waals surface area contributed by atoms with Gasteiger partial charge in [0, 0.05) is 19.2 Å². The molecule has 23 heavy (non-hydrogen) atoms. The molecule has 0 aliphatic heterocycles. The van der Waals surface area contributed by atoms with Crippen molar-refractivity contribution in [1.29, 1.82) is 0 Å². The average Bonchev–Trinajstić information content (AvgIpc) is 2.54. The highest BCUT2D eigenvalue weighted by Gasteiger charge is 2.14. The fourth-order valence-electron chi connectivity index (χ4n) is 1.78. The van der Waals surface area contributed by atoms with E-state index in [1.54, 1.807) is 18.3 Å². The normalized spacial score (nSPS) is 11.2. The molecule has 6 nitrogen and oxygen atoms in total. The van der Waals surface area contributed by atoms with Crippen LogP contribution in [0.1, 0.15) is 12.1 Å². The first-order valence-electron chi connectivity index (χ1n) is 6.89. The molecule has 1 amide bonds. The predicted octanol–water partition coefficient (Wildman–Crippen LogP) is 1.21. The van der Waals surface area contributed by atoms with Crippen LogP contribution >= 0.6 is 0 Å². The van der Waals surface area contributed by atoms with E-state index in [0.717, 1.165) is 12.1 Å². The molecule has 1 aromatic carbocycles. The maximum atomic E-state index is 12.8. The molecule has 2 N–H and O–H groups in total. The van der Waals surface area contributed by atoms with Crippen molar-refractivity contribution in [2.75, 3.05) is 6.54 Å². The Morgan fingerprint density at radius 3 is 2.52 bits per heavy atom. The van der Waals surface area contributed by atoms with E-state index in [1.807, 2.05) is 6.07 Å². The van der Waals surface area contributed by atoms with E-state index in [-0.39, 0.29) is 30.3 Å². The maximum absolute atomic E-state index is 12.8. The first-order chi connectivity index (χ1) is 11.0. The lowest BCUT2D eigenvalue weighted by Crippen LogP contribution is -2.30. The number of aromatic nitrogens is 1. The van der Waals surface area contributed by atoms with Gasteiger partial charge in [-0.15, -0.1) is 0 Å². The van der Waals surface area contributed by atoms with Gasteiger partial charge in [0.2, 0.25) is 15.9 Å². The van der Waals surface area contributed by atoms with Crippen molar-refractivity contribution < 1.29 is 17.6 Å². The fourth-order valence-corrected chi connectivity index (χ4v) is 2.81. The molecule has 8 heteroatoms. The number of carbonyl (C=O) groups excluding carboxylic acids is 1. The maximum Gasteiger partial charge on any atom is 0.240 e. The second-order valence-electron chi connectivity index (χ2n) is 4.70. The Morgan fingerprint density at radius 2 is 1.87 bits per heavy atom. The van der Waals surface area contributed by atoms with E-state index < -0.39 is 15.8 Å². The monoisotopic (exact) mass is 337 g/mol. The van der Waals surface area contributed by atoms with E-state index in [2.05, 4.69) is 15.0 Å². The largest absolute Gasteiger partial charge is 0.350 e. The van der Waals surface area contributed by atoms with Crippen LogP contribution in [-0.2, 0) is 21.4 Å². The summed E-state index contributed by atoms with van der Waals surface area (Å²) in [7, 11) is -3.75. The van der Waals surface area contributed by atoms with Crippen LogP contribution in [0.3, 0.4) is 0 Å². The zero-order chi connectivity index (χ0) is 16.7. The predicted molar refractivity (Wildman–Crippen MR) is 82.3 cm³/mol. The summed E-state index contributed by atoms with van der Waals surface area (Å²) in [6, 6.07) is 9.82. The van der Waals surface area contributed by atoms with Crippen molar-refractivity contribution in [2.45, 2.75) is 17.9 Å². The zero-order valence-corrected chi connectivity index (χ0v) is 13.0. The van der Waals surface area contributed by atoms with Crippen molar-refractivity contribution in [3.63, 3.8) is 0 Å². The summed E-state index contributed by atoms with van der Waals surface area (Å²) in [5.41, 5.74) is 0.716. The average molecular weight is 337 g/mol. The van der Waals surface area contributed by atoms with Crippen LogP contribution in [-0.4, -0.2) is 25.9 Å². The Morgan fingerprint density at radius 1 is 1.13 bits per heavy atom. The van der Waals surface area contributed by atoms with E-state index in [4.69, 9.17) is 0 Å². The third-order valence-corrected chi connectivity index (χ3v) is 4.44. The van der Waals surface area contributed by atoms with E-state index in [1.165, 1.54) is 12.1 Å². The molecule has 0 aliphatic carbocycles. The van der Waals surface area contributed by atoms with Crippen molar-refractivity contribution in [2.24, 2.45) is 0 Å². The molecule has 1 aromatic heterocycles. The molecule has 0 saturated carbocycles. The van der Waals surface area contributed by atoms with Gasteiger partial charge in [0.1, 0.15) is 5.82 Å². The summed E-state index contributed by atoms with van der Waals surface area (Å²) < 4.78 is 38.9. The molecular formula is C15H16FN3O3S. The molecule has 122 valence electrons. The van der Waals surface area contributed by atoms with Crippen molar-refractivity contribution in [3.8, 4) is 0 Å². The molecule has 0 fully saturated rings. The van der Waals surface area contributed by atoms with Gasteiger partial charge in [0.05, 0.1) is 17.1 Å². The fraction of sp³-hybridized carbons (Fsp3) is 0.200. The first-order valence-corrected chi connectivity index (χ1v) is 8.37. The molecule has 2 aromatic rings. The standard InChI is InChI=1S/C15H16FN3O3S/c16-12-4-6-14(7-5-12)23(21,22)19-10-8-15(20)18-11-13-3-1-2-9-17-13/h1-7,9,19H,8,10-11H2,(H,18,20). The zero-order valence-electron chi connectivity index (χ0n) is 12.2. The highest BCUT2D eigenvalue weighted by Crippen LogP contribution is 2.09. The number of amides is 1. The smallest absolute Gasteiger partial charge is 0.240 e. The summed E-state index contributed by atoms with van der Waals surface area (Å²) in [4.78, 5) is 15.7. The van der Waals surface area contributed by atoms with Gasteiger partial charge in [-0.1, -0.05) is 6.07 Å². The SMILES string of the molecule is O=C(CCNS(=O)(=O)c1ccc(F)cc1)NCc1ccccn1. The number of pyridine rings is 1. The van der Waals surface area contributed by atoms with Gasteiger partial charge in [-0.25, -0.2) is 17.5 Å². The van der Waals surface area contributed by atoms with Gasteiger partial charge >= 0.3 is 0 Å². The van der Waals surface area contributed by atoms with Crippen LogP contribution in [0.2, 0.25) is 0 Å². The molecule has 1 heterocycles. The van der Waals surface area contributed by atoms with Crippen molar-refractivity contribution in [1.82, 2.24) is 15.0 Å². The number of nitrogens with zero attached hydrogens (tertiary/aromatic N) is 1. The number of halogens is 1. The lowest BCUT2D eigenvalue weighted by atomic mass is 10.3. The van der Waals surface area contributed by atoms with E-state index in [9.17, 15) is 17.6 Å². The van der Waals surface area contributed by atoms with Crippen molar-refractivity contribution >= 4 is 15.9 Å². The number of rotatable bonds is 7. The van der Waals surface area contributed by atoms with Gasteiger partial charge in [0.15, 0.2) is 0 Å². The Balaban J connectivity index is 1.77. The summed E-state index contributed by atoms with van der Waals surface area (Å²) >= 11 is 0. The molecule has 0 bridgehead atoms. The molecule has 0 aliphatic rings. The Labute approximate surface area is 133 Å². The molecular weight excluding hydrogens is 321 g/mol. The Hall–Kier alpha value is -2.32. The third-order valence-electron chi connectivity index (χ3n) is 2.96. The van der Waals surface area contributed by atoms with E-state index in [0.29, 0.717) is 5.69 Å². The van der Waals surface area contributed by atoms with Gasteiger partial charge < -0.3 is 5.32 Å². The van der Waals surface area contributed by atoms with Crippen LogP contribution in [0.4, 0.5) is 4.39 Å².